The van der Waals surface area contributed by atoms with Crippen molar-refractivity contribution in [2.75, 3.05) is 32.7 Å². The standard InChI is InChI=1S/C21H24N4O/c26-21(17-25-12-8-19-3-1-2-4-20(19)25)24-15-13-23(14-16-24)11-7-18-5-9-22-10-6-18/h1-6,8-10,12H,7,11,13-17H2. The lowest BCUT2D eigenvalue weighted by atomic mass is 10.2. The highest BCUT2D eigenvalue weighted by atomic mass is 16.2. The third kappa shape index (κ3) is 3.78. The van der Waals surface area contributed by atoms with E-state index in [1.54, 1.807) is 0 Å². The second-order valence-electron chi connectivity index (χ2n) is 6.83. The van der Waals surface area contributed by atoms with Crippen LogP contribution in [0.3, 0.4) is 0 Å². The van der Waals surface area contributed by atoms with E-state index in [0.29, 0.717) is 6.54 Å². The van der Waals surface area contributed by atoms with Crippen LogP contribution in [-0.4, -0.2) is 58.0 Å². The number of pyridine rings is 1. The van der Waals surface area contributed by atoms with Gasteiger partial charge >= 0.3 is 0 Å². The molecular formula is C21H24N4O. The molecule has 5 nitrogen and oxygen atoms in total. The van der Waals surface area contributed by atoms with Gasteiger partial charge in [-0.15, -0.1) is 0 Å². The summed E-state index contributed by atoms with van der Waals surface area (Å²) in [5, 5.41) is 1.18. The second kappa shape index (κ2) is 7.70. The van der Waals surface area contributed by atoms with Gasteiger partial charge in [0, 0.05) is 56.8 Å². The minimum absolute atomic E-state index is 0.208. The van der Waals surface area contributed by atoms with Crippen molar-refractivity contribution >= 4 is 16.8 Å². The fraction of sp³-hybridized carbons (Fsp3) is 0.333. The average Bonchev–Trinajstić information content (AvgIpc) is 3.10. The summed E-state index contributed by atoms with van der Waals surface area (Å²) in [4.78, 5) is 21.2. The van der Waals surface area contributed by atoms with E-state index in [0.717, 1.165) is 44.7 Å². The first-order valence-electron chi connectivity index (χ1n) is 9.22. The van der Waals surface area contributed by atoms with Crippen LogP contribution in [0.1, 0.15) is 5.56 Å². The number of piperazine rings is 1. The van der Waals surface area contributed by atoms with Crippen molar-refractivity contribution in [2.45, 2.75) is 13.0 Å². The van der Waals surface area contributed by atoms with Gasteiger partial charge in [-0.2, -0.15) is 0 Å². The maximum atomic E-state index is 12.7. The number of fused-ring (bicyclic) bond motifs is 1. The number of amides is 1. The van der Waals surface area contributed by atoms with Crippen LogP contribution in [0.2, 0.25) is 0 Å². The maximum Gasteiger partial charge on any atom is 0.242 e. The number of hydrogen-bond donors (Lipinski definition) is 0. The summed E-state index contributed by atoms with van der Waals surface area (Å²) in [6.07, 6.45) is 6.73. The van der Waals surface area contributed by atoms with Crippen LogP contribution < -0.4 is 0 Å². The molecule has 1 saturated heterocycles. The molecule has 1 fully saturated rings. The zero-order valence-electron chi connectivity index (χ0n) is 14.9. The Morgan fingerprint density at radius 3 is 2.54 bits per heavy atom. The summed E-state index contributed by atoms with van der Waals surface area (Å²) in [6.45, 7) is 4.98. The molecule has 4 rings (SSSR count). The van der Waals surface area contributed by atoms with Crippen molar-refractivity contribution in [3.05, 3.63) is 66.6 Å². The van der Waals surface area contributed by atoms with Crippen molar-refractivity contribution in [1.82, 2.24) is 19.4 Å². The smallest absolute Gasteiger partial charge is 0.242 e. The zero-order valence-corrected chi connectivity index (χ0v) is 14.9. The molecule has 134 valence electrons. The van der Waals surface area contributed by atoms with E-state index < -0.39 is 0 Å². The van der Waals surface area contributed by atoms with Crippen LogP contribution in [0.5, 0.6) is 0 Å². The van der Waals surface area contributed by atoms with Crippen LogP contribution in [0.4, 0.5) is 0 Å². The van der Waals surface area contributed by atoms with Crippen molar-refractivity contribution < 1.29 is 4.79 Å². The van der Waals surface area contributed by atoms with Crippen molar-refractivity contribution in [2.24, 2.45) is 0 Å². The zero-order chi connectivity index (χ0) is 17.8. The minimum atomic E-state index is 0.208. The monoisotopic (exact) mass is 348 g/mol. The summed E-state index contributed by atoms with van der Waals surface area (Å²) in [5.74, 6) is 0.208. The lowest BCUT2D eigenvalue weighted by molar-refractivity contribution is -0.133. The Balaban J connectivity index is 1.28. The summed E-state index contributed by atoms with van der Waals surface area (Å²) in [6, 6.07) is 14.4. The molecule has 0 spiro atoms. The largest absolute Gasteiger partial charge is 0.339 e. The molecule has 1 aliphatic rings. The number of carbonyl (C=O) groups is 1. The summed E-state index contributed by atoms with van der Waals surface area (Å²) >= 11 is 0. The Bertz CT molecular complexity index is 866. The molecule has 2 aromatic heterocycles. The summed E-state index contributed by atoms with van der Waals surface area (Å²) < 4.78 is 2.05. The molecule has 1 aromatic carbocycles. The number of benzene rings is 1. The van der Waals surface area contributed by atoms with Gasteiger partial charge < -0.3 is 9.47 Å². The van der Waals surface area contributed by atoms with Crippen molar-refractivity contribution in [3.63, 3.8) is 0 Å². The van der Waals surface area contributed by atoms with E-state index in [2.05, 4.69) is 40.2 Å². The number of para-hydroxylation sites is 1. The number of carbonyl (C=O) groups excluding carboxylic acids is 1. The van der Waals surface area contributed by atoms with Gasteiger partial charge in [0.25, 0.3) is 0 Å². The van der Waals surface area contributed by atoms with Gasteiger partial charge in [0.15, 0.2) is 0 Å². The molecular weight excluding hydrogens is 324 g/mol. The van der Waals surface area contributed by atoms with E-state index in [-0.39, 0.29) is 5.91 Å². The van der Waals surface area contributed by atoms with E-state index >= 15 is 0 Å². The molecule has 3 heterocycles. The number of aromatic nitrogens is 2. The quantitative estimate of drug-likeness (QED) is 0.711. The highest BCUT2D eigenvalue weighted by molar-refractivity contribution is 5.83. The molecule has 0 radical (unpaired) electrons. The predicted molar refractivity (Wildman–Crippen MR) is 103 cm³/mol. The Morgan fingerprint density at radius 2 is 1.73 bits per heavy atom. The van der Waals surface area contributed by atoms with Gasteiger partial charge in [-0.3, -0.25) is 14.7 Å². The molecule has 0 aliphatic carbocycles. The van der Waals surface area contributed by atoms with E-state index in [4.69, 9.17) is 0 Å². The normalized spacial score (nSPS) is 15.5. The molecule has 5 heteroatoms. The van der Waals surface area contributed by atoms with Gasteiger partial charge in [0.05, 0.1) is 0 Å². The Labute approximate surface area is 153 Å². The molecule has 1 amide bonds. The SMILES string of the molecule is O=C(Cn1ccc2ccccc21)N1CCN(CCc2ccncc2)CC1. The second-order valence-corrected chi connectivity index (χ2v) is 6.83. The van der Waals surface area contributed by atoms with E-state index in [9.17, 15) is 4.79 Å². The fourth-order valence-corrected chi connectivity index (χ4v) is 3.58. The van der Waals surface area contributed by atoms with Crippen molar-refractivity contribution in [1.29, 1.82) is 0 Å². The fourth-order valence-electron chi connectivity index (χ4n) is 3.58. The Hall–Kier alpha value is -2.66. The molecule has 1 aliphatic heterocycles. The molecule has 0 unspecified atom stereocenters. The highest BCUT2D eigenvalue weighted by Gasteiger charge is 2.21. The molecule has 0 N–H and O–H groups in total. The summed E-state index contributed by atoms with van der Waals surface area (Å²) in [7, 11) is 0. The Kier molecular flexibility index (Phi) is 4.97. The van der Waals surface area contributed by atoms with E-state index in [1.165, 1.54) is 10.9 Å². The van der Waals surface area contributed by atoms with Gasteiger partial charge in [0.2, 0.25) is 5.91 Å². The van der Waals surface area contributed by atoms with Gasteiger partial charge in [-0.25, -0.2) is 0 Å². The number of hydrogen-bond acceptors (Lipinski definition) is 3. The number of nitrogens with zero attached hydrogens (tertiary/aromatic N) is 4. The van der Waals surface area contributed by atoms with Gasteiger partial charge in [-0.1, -0.05) is 18.2 Å². The first-order chi connectivity index (χ1) is 12.8. The highest BCUT2D eigenvalue weighted by Crippen LogP contribution is 2.15. The third-order valence-corrected chi connectivity index (χ3v) is 5.18. The first kappa shape index (κ1) is 16.8. The number of rotatable bonds is 5. The van der Waals surface area contributed by atoms with Gasteiger partial charge in [-0.05, 0) is 41.6 Å². The van der Waals surface area contributed by atoms with Crippen LogP contribution in [0, 0.1) is 0 Å². The van der Waals surface area contributed by atoms with Crippen LogP contribution >= 0.6 is 0 Å². The summed E-state index contributed by atoms with van der Waals surface area (Å²) in [5.41, 5.74) is 2.44. The lowest BCUT2D eigenvalue weighted by Crippen LogP contribution is -2.49. The third-order valence-electron chi connectivity index (χ3n) is 5.18. The molecule has 3 aromatic rings. The predicted octanol–water partition coefficient (Wildman–Crippen LogP) is 2.42. The first-order valence-corrected chi connectivity index (χ1v) is 9.22. The Morgan fingerprint density at radius 1 is 0.962 bits per heavy atom. The minimum Gasteiger partial charge on any atom is -0.339 e. The van der Waals surface area contributed by atoms with Crippen LogP contribution in [-0.2, 0) is 17.8 Å². The van der Waals surface area contributed by atoms with Crippen molar-refractivity contribution in [3.8, 4) is 0 Å². The molecule has 0 atom stereocenters. The van der Waals surface area contributed by atoms with Gasteiger partial charge in [0.1, 0.15) is 6.54 Å². The van der Waals surface area contributed by atoms with E-state index in [1.807, 2.05) is 40.2 Å². The maximum absolute atomic E-state index is 12.7. The molecule has 26 heavy (non-hydrogen) atoms. The lowest BCUT2D eigenvalue weighted by Gasteiger charge is -2.35. The topological polar surface area (TPSA) is 41.4 Å². The van der Waals surface area contributed by atoms with Crippen LogP contribution in [0.15, 0.2) is 61.1 Å². The molecule has 0 saturated carbocycles. The average molecular weight is 348 g/mol. The van der Waals surface area contributed by atoms with Crippen LogP contribution in [0.25, 0.3) is 10.9 Å². The molecule has 0 bridgehead atoms.